The summed E-state index contributed by atoms with van der Waals surface area (Å²) in [7, 11) is 0. The van der Waals surface area contributed by atoms with Crippen LogP contribution in [0.2, 0.25) is 0 Å². The van der Waals surface area contributed by atoms with Crippen LogP contribution in [0.5, 0.6) is 0 Å². The zero-order valence-corrected chi connectivity index (χ0v) is 13.3. The van der Waals surface area contributed by atoms with Crippen molar-refractivity contribution in [2.24, 2.45) is 0 Å². The molecular formula is C18H18N2O4. The number of amides is 1. The fourth-order valence-electron chi connectivity index (χ4n) is 3.27. The van der Waals surface area contributed by atoms with E-state index in [2.05, 4.69) is 4.98 Å². The largest absolute Gasteiger partial charge is 0.375 e. The summed E-state index contributed by atoms with van der Waals surface area (Å²) in [6, 6.07) is 9.11. The van der Waals surface area contributed by atoms with Crippen LogP contribution in [0.4, 0.5) is 11.4 Å². The SMILES string of the molecule is CCC1(O)C(=O)N(c2cncc(C3OCCO3)c2)c2ccccc21. The van der Waals surface area contributed by atoms with E-state index in [1.807, 2.05) is 24.3 Å². The third kappa shape index (κ3) is 2.15. The molecule has 2 aromatic rings. The molecule has 1 aromatic heterocycles. The standard InChI is InChI=1S/C18H18N2O4/c1-2-18(22)14-5-3-4-6-15(14)20(17(18)21)13-9-12(10-19-11-13)16-23-7-8-24-16/h3-6,9-11,16,22H,2,7-8H2,1H3. The first-order chi connectivity index (χ1) is 11.6. The van der Waals surface area contributed by atoms with Gasteiger partial charge in [0.05, 0.1) is 30.8 Å². The number of nitrogens with zero attached hydrogens (tertiary/aromatic N) is 2. The maximum absolute atomic E-state index is 12.9. The number of hydrogen-bond acceptors (Lipinski definition) is 5. The molecular weight excluding hydrogens is 308 g/mol. The number of aliphatic hydroxyl groups is 1. The first-order valence-corrected chi connectivity index (χ1v) is 8.00. The second-order valence-electron chi connectivity index (χ2n) is 5.92. The van der Waals surface area contributed by atoms with Crippen LogP contribution >= 0.6 is 0 Å². The average molecular weight is 326 g/mol. The molecule has 0 saturated carbocycles. The van der Waals surface area contributed by atoms with Gasteiger partial charge in [0.15, 0.2) is 11.9 Å². The van der Waals surface area contributed by atoms with Gasteiger partial charge in [-0.2, -0.15) is 0 Å². The number of para-hydroxylation sites is 1. The summed E-state index contributed by atoms with van der Waals surface area (Å²) in [5.41, 5.74) is 1.14. The van der Waals surface area contributed by atoms with E-state index in [9.17, 15) is 9.90 Å². The Balaban J connectivity index is 1.79. The van der Waals surface area contributed by atoms with E-state index < -0.39 is 11.9 Å². The van der Waals surface area contributed by atoms with Crippen molar-refractivity contribution in [3.63, 3.8) is 0 Å². The lowest BCUT2D eigenvalue weighted by molar-refractivity contribution is -0.135. The molecule has 1 fully saturated rings. The Morgan fingerprint density at radius 2 is 2.04 bits per heavy atom. The second kappa shape index (κ2) is 5.66. The minimum absolute atomic E-state index is 0.307. The molecule has 6 nitrogen and oxygen atoms in total. The summed E-state index contributed by atoms with van der Waals surface area (Å²) < 4.78 is 11.0. The molecule has 4 rings (SSSR count). The summed E-state index contributed by atoms with van der Waals surface area (Å²) in [5, 5.41) is 10.9. The molecule has 0 aliphatic carbocycles. The lowest BCUT2D eigenvalue weighted by Gasteiger charge is -2.22. The van der Waals surface area contributed by atoms with Gasteiger partial charge in [0.25, 0.3) is 5.91 Å². The van der Waals surface area contributed by atoms with Crippen LogP contribution in [-0.4, -0.2) is 29.2 Å². The molecule has 124 valence electrons. The lowest BCUT2D eigenvalue weighted by atomic mass is 9.93. The molecule has 1 amide bonds. The average Bonchev–Trinajstić information content (AvgIpc) is 3.23. The van der Waals surface area contributed by atoms with E-state index >= 15 is 0 Å². The molecule has 2 aliphatic rings. The van der Waals surface area contributed by atoms with Gasteiger partial charge >= 0.3 is 0 Å². The predicted molar refractivity (Wildman–Crippen MR) is 86.7 cm³/mol. The fourth-order valence-corrected chi connectivity index (χ4v) is 3.27. The summed E-state index contributed by atoms with van der Waals surface area (Å²) >= 11 is 0. The Labute approximate surface area is 139 Å². The molecule has 3 heterocycles. The van der Waals surface area contributed by atoms with E-state index in [0.717, 1.165) is 5.56 Å². The van der Waals surface area contributed by atoms with Crippen LogP contribution < -0.4 is 4.90 Å². The van der Waals surface area contributed by atoms with Gasteiger partial charge in [0.1, 0.15) is 0 Å². The van der Waals surface area contributed by atoms with Gasteiger partial charge in [-0.1, -0.05) is 25.1 Å². The Hall–Kier alpha value is -2.28. The van der Waals surface area contributed by atoms with Gasteiger partial charge < -0.3 is 14.6 Å². The molecule has 24 heavy (non-hydrogen) atoms. The van der Waals surface area contributed by atoms with Gasteiger partial charge in [-0.25, -0.2) is 0 Å². The summed E-state index contributed by atoms with van der Waals surface area (Å²) in [6.45, 7) is 2.87. The Morgan fingerprint density at radius 3 is 2.79 bits per heavy atom. The van der Waals surface area contributed by atoms with Gasteiger partial charge in [-0.3, -0.25) is 14.7 Å². The van der Waals surface area contributed by atoms with Crippen molar-refractivity contribution in [2.45, 2.75) is 25.2 Å². The number of fused-ring (bicyclic) bond motifs is 1. The zero-order valence-electron chi connectivity index (χ0n) is 13.3. The molecule has 0 bridgehead atoms. The minimum atomic E-state index is -1.51. The number of pyridine rings is 1. The van der Waals surface area contributed by atoms with Gasteiger partial charge in [-0.05, 0) is 18.6 Å². The van der Waals surface area contributed by atoms with Crippen LogP contribution in [0.3, 0.4) is 0 Å². The maximum atomic E-state index is 12.9. The van der Waals surface area contributed by atoms with Crippen LogP contribution in [0.25, 0.3) is 0 Å². The fraction of sp³-hybridized carbons (Fsp3) is 0.333. The number of aromatic nitrogens is 1. The molecule has 6 heteroatoms. The topological polar surface area (TPSA) is 71.9 Å². The summed E-state index contributed by atoms with van der Waals surface area (Å²) in [4.78, 5) is 18.7. The number of anilines is 2. The molecule has 1 unspecified atom stereocenters. The Bertz CT molecular complexity index is 788. The van der Waals surface area contributed by atoms with E-state index in [1.54, 1.807) is 25.4 Å². The van der Waals surface area contributed by atoms with Crippen LogP contribution in [-0.2, 0) is 19.9 Å². The number of benzene rings is 1. The summed E-state index contributed by atoms with van der Waals surface area (Å²) in [6.07, 6.45) is 3.11. The van der Waals surface area contributed by atoms with Gasteiger partial charge in [0, 0.05) is 17.3 Å². The summed E-state index contributed by atoms with van der Waals surface area (Å²) in [5.74, 6) is -0.363. The Kier molecular flexibility index (Phi) is 3.60. The van der Waals surface area contributed by atoms with Crippen LogP contribution in [0.1, 0.15) is 30.8 Å². The molecule has 2 aliphatic heterocycles. The quantitative estimate of drug-likeness (QED) is 0.938. The third-order valence-corrected chi connectivity index (χ3v) is 4.56. The van der Waals surface area contributed by atoms with Crippen molar-refractivity contribution in [1.29, 1.82) is 0 Å². The molecule has 0 spiro atoms. The van der Waals surface area contributed by atoms with Crippen molar-refractivity contribution in [1.82, 2.24) is 4.98 Å². The number of carbonyl (C=O) groups is 1. The monoisotopic (exact) mass is 326 g/mol. The maximum Gasteiger partial charge on any atom is 0.268 e. The zero-order chi connectivity index (χ0) is 16.7. The van der Waals surface area contributed by atoms with Crippen molar-refractivity contribution in [2.75, 3.05) is 18.1 Å². The molecule has 0 radical (unpaired) electrons. The van der Waals surface area contributed by atoms with Crippen molar-refractivity contribution >= 4 is 17.3 Å². The number of ether oxygens (including phenoxy) is 2. The first kappa shape index (κ1) is 15.3. The van der Waals surface area contributed by atoms with Crippen molar-refractivity contribution in [3.8, 4) is 0 Å². The smallest absolute Gasteiger partial charge is 0.268 e. The van der Waals surface area contributed by atoms with Crippen molar-refractivity contribution in [3.05, 3.63) is 53.9 Å². The highest BCUT2D eigenvalue weighted by Crippen LogP contribution is 2.45. The normalized spacial score (nSPS) is 23.8. The highest BCUT2D eigenvalue weighted by Gasteiger charge is 2.49. The number of rotatable bonds is 3. The highest BCUT2D eigenvalue weighted by molar-refractivity contribution is 6.11. The molecule has 1 atom stereocenters. The number of carbonyl (C=O) groups excluding carboxylic acids is 1. The van der Waals surface area contributed by atoms with Crippen molar-refractivity contribution < 1.29 is 19.4 Å². The van der Waals surface area contributed by atoms with Gasteiger partial charge in [0.2, 0.25) is 0 Å². The highest BCUT2D eigenvalue weighted by atomic mass is 16.7. The first-order valence-electron chi connectivity index (χ1n) is 8.00. The van der Waals surface area contributed by atoms with E-state index in [0.29, 0.717) is 36.6 Å². The minimum Gasteiger partial charge on any atom is -0.375 e. The molecule has 1 aromatic carbocycles. The Morgan fingerprint density at radius 1 is 1.29 bits per heavy atom. The van der Waals surface area contributed by atoms with Crippen LogP contribution in [0.15, 0.2) is 42.7 Å². The molecule has 1 saturated heterocycles. The van der Waals surface area contributed by atoms with Gasteiger partial charge in [-0.15, -0.1) is 0 Å². The number of hydrogen-bond donors (Lipinski definition) is 1. The lowest BCUT2D eigenvalue weighted by Crippen LogP contribution is -2.37. The van der Waals surface area contributed by atoms with E-state index in [-0.39, 0.29) is 5.91 Å². The third-order valence-electron chi connectivity index (χ3n) is 4.56. The predicted octanol–water partition coefficient (Wildman–Crippen LogP) is 2.40. The van der Waals surface area contributed by atoms with E-state index in [4.69, 9.17) is 9.47 Å². The van der Waals surface area contributed by atoms with E-state index in [1.165, 1.54) is 4.90 Å². The second-order valence-corrected chi connectivity index (χ2v) is 5.92. The molecule has 1 N–H and O–H groups in total. The van der Waals surface area contributed by atoms with Crippen LogP contribution in [0, 0.1) is 0 Å².